The largest absolute Gasteiger partial charge is 0.481 e. The number of amides is 2. The van der Waals surface area contributed by atoms with Crippen molar-refractivity contribution in [3.05, 3.63) is 119 Å². The van der Waals surface area contributed by atoms with Crippen molar-refractivity contribution in [1.29, 1.82) is 0 Å². The summed E-state index contributed by atoms with van der Waals surface area (Å²) in [5, 5.41) is 31.5. The van der Waals surface area contributed by atoms with Crippen molar-refractivity contribution in [2.45, 2.75) is 25.1 Å². The number of hydrogen-bond donors (Lipinski definition) is 3. The fourth-order valence-electron chi connectivity index (χ4n) is 5.61. The van der Waals surface area contributed by atoms with Gasteiger partial charge in [0.2, 0.25) is 0 Å². The molecule has 1 fully saturated rings. The van der Waals surface area contributed by atoms with Crippen molar-refractivity contribution < 1.29 is 28.6 Å². The van der Waals surface area contributed by atoms with E-state index in [4.69, 9.17) is 5.11 Å². The molecule has 6 rings (SSSR count). The van der Waals surface area contributed by atoms with E-state index in [2.05, 4.69) is 25.4 Å². The molecule has 3 N–H and O–H groups in total. The molecule has 0 radical (unpaired) electrons. The Morgan fingerprint density at radius 3 is 2.23 bits per heavy atom. The van der Waals surface area contributed by atoms with Crippen molar-refractivity contribution in [2.24, 2.45) is 0 Å². The summed E-state index contributed by atoms with van der Waals surface area (Å²) in [6.07, 6.45) is 3.79. The predicted molar refractivity (Wildman–Crippen MR) is 169 cm³/mol. The van der Waals surface area contributed by atoms with E-state index in [1.165, 1.54) is 28.2 Å². The zero-order chi connectivity index (χ0) is 33.8. The molecule has 1 atom stereocenters. The molecular weight excluding hydrogens is 628 g/mol. The number of halogens is 2. The molecule has 14 nitrogen and oxygen atoms in total. The molecule has 5 aromatic rings. The maximum Gasteiger partial charge on any atom is 0.350 e. The molecule has 2 aromatic heterocycles. The minimum absolute atomic E-state index is 0.0886. The second kappa shape index (κ2) is 13.4. The van der Waals surface area contributed by atoms with Gasteiger partial charge in [0.25, 0.3) is 0 Å². The molecule has 1 unspecified atom stereocenters. The van der Waals surface area contributed by atoms with Crippen molar-refractivity contribution in [3.8, 4) is 5.69 Å². The van der Waals surface area contributed by atoms with Crippen molar-refractivity contribution in [1.82, 2.24) is 34.0 Å². The van der Waals surface area contributed by atoms with Gasteiger partial charge in [-0.05, 0) is 48.0 Å². The number of rotatable bonds is 10. The number of carboxylic acids is 1. The van der Waals surface area contributed by atoms with Gasteiger partial charge in [-0.15, -0.1) is 0 Å². The Balaban J connectivity index is 1.10. The van der Waals surface area contributed by atoms with Gasteiger partial charge in [0, 0.05) is 49.2 Å². The molecule has 1 saturated heterocycles. The van der Waals surface area contributed by atoms with Gasteiger partial charge >= 0.3 is 17.7 Å². The third-order valence-corrected chi connectivity index (χ3v) is 8.09. The monoisotopic (exact) mass is 659 g/mol. The molecule has 1 aliphatic heterocycles. The lowest BCUT2D eigenvalue weighted by molar-refractivity contribution is -0.136. The van der Waals surface area contributed by atoms with Crippen LogP contribution in [0.1, 0.15) is 11.1 Å². The summed E-state index contributed by atoms with van der Waals surface area (Å²) >= 11 is 0. The molecule has 3 aromatic carbocycles. The van der Waals surface area contributed by atoms with Gasteiger partial charge in [0.1, 0.15) is 36.2 Å². The van der Waals surface area contributed by atoms with Crippen LogP contribution in [0.2, 0.25) is 0 Å². The van der Waals surface area contributed by atoms with Gasteiger partial charge in [-0.3, -0.25) is 4.79 Å². The number of anilines is 2. The number of carbonyl (C=O) groups is 2. The predicted octanol–water partition coefficient (Wildman–Crippen LogP) is 2.47. The lowest BCUT2D eigenvalue weighted by Crippen LogP contribution is -2.50. The highest BCUT2D eigenvalue weighted by Gasteiger charge is 2.35. The van der Waals surface area contributed by atoms with Crippen LogP contribution in [0.5, 0.6) is 0 Å². The topological polar surface area (TPSA) is 164 Å². The number of urea groups is 1. The summed E-state index contributed by atoms with van der Waals surface area (Å²) in [4.78, 5) is 44.7. The van der Waals surface area contributed by atoms with Crippen molar-refractivity contribution in [3.63, 3.8) is 0 Å². The van der Waals surface area contributed by atoms with Crippen LogP contribution in [-0.2, 0) is 29.9 Å². The van der Waals surface area contributed by atoms with Crippen molar-refractivity contribution >= 4 is 23.4 Å². The Hall–Kier alpha value is -5.90. The number of carbonyl (C=O) groups excluding carboxylic acids is 1. The zero-order valence-corrected chi connectivity index (χ0v) is 25.5. The fraction of sp³-hybridized carbons (Fsp3) is 0.250. The van der Waals surface area contributed by atoms with E-state index in [9.17, 15) is 28.3 Å². The Morgan fingerprint density at radius 2 is 1.58 bits per heavy atom. The van der Waals surface area contributed by atoms with E-state index in [1.807, 2.05) is 12.1 Å². The number of hydrogen-bond acceptors (Lipinski definition) is 8. The summed E-state index contributed by atoms with van der Waals surface area (Å²) in [6.45, 7) is 1.37. The molecule has 0 saturated carbocycles. The highest BCUT2D eigenvalue weighted by molar-refractivity contribution is 5.89. The summed E-state index contributed by atoms with van der Waals surface area (Å²) in [5.41, 5.74) is -0.216. The molecule has 0 bridgehead atoms. The van der Waals surface area contributed by atoms with Gasteiger partial charge in [-0.1, -0.05) is 18.2 Å². The van der Waals surface area contributed by atoms with Crippen LogP contribution in [0.3, 0.4) is 0 Å². The lowest BCUT2D eigenvalue weighted by Gasteiger charge is -2.36. The number of carboxylic acid groups (broad SMARTS) is 1. The first-order valence-electron chi connectivity index (χ1n) is 14.9. The molecule has 248 valence electrons. The normalized spacial score (nSPS) is 14.5. The molecule has 1 aliphatic rings. The van der Waals surface area contributed by atoms with Crippen LogP contribution in [0, 0.1) is 11.6 Å². The quantitative estimate of drug-likeness (QED) is 0.204. The van der Waals surface area contributed by atoms with E-state index < -0.39 is 35.4 Å². The van der Waals surface area contributed by atoms with Crippen molar-refractivity contribution in [2.75, 3.05) is 36.4 Å². The number of nitrogens with zero attached hydrogens (tertiary/aromatic N) is 8. The SMILES string of the molecule is O=C(O)Cc1ccc(NC(=O)N2CCN(c3ccc(-n4cnn(CC(O)(Cn5cncn5)c5ccc(F)cc5F)c4=O)cc3)CC2)cc1. The lowest BCUT2D eigenvalue weighted by atomic mass is 9.93. The number of piperazine rings is 1. The molecule has 0 spiro atoms. The number of aromatic nitrogens is 6. The Morgan fingerprint density at radius 1 is 0.875 bits per heavy atom. The van der Waals surface area contributed by atoms with Crippen LogP contribution in [0.4, 0.5) is 25.0 Å². The smallest absolute Gasteiger partial charge is 0.350 e. The average Bonchev–Trinajstić information content (AvgIpc) is 3.71. The number of benzene rings is 3. The first kappa shape index (κ1) is 32.1. The second-order valence-electron chi connectivity index (χ2n) is 11.4. The van der Waals surface area contributed by atoms with E-state index >= 15 is 0 Å². The number of aliphatic hydroxyl groups is 1. The van der Waals surface area contributed by atoms with Gasteiger partial charge < -0.3 is 25.3 Å². The first-order chi connectivity index (χ1) is 23.1. The Labute approximate surface area is 272 Å². The number of aliphatic carboxylic acids is 1. The van der Waals surface area contributed by atoms with E-state index in [-0.39, 0.29) is 24.6 Å². The first-order valence-corrected chi connectivity index (χ1v) is 14.9. The summed E-state index contributed by atoms with van der Waals surface area (Å²) in [7, 11) is 0. The molecule has 3 heterocycles. The van der Waals surface area contributed by atoms with Gasteiger partial charge in [0.15, 0.2) is 0 Å². The highest BCUT2D eigenvalue weighted by atomic mass is 19.1. The minimum atomic E-state index is -2.02. The van der Waals surface area contributed by atoms with Gasteiger partial charge in [-0.25, -0.2) is 37.3 Å². The minimum Gasteiger partial charge on any atom is -0.481 e. The van der Waals surface area contributed by atoms with Crippen LogP contribution in [0.25, 0.3) is 5.69 Å². The van der Waals surface area contributed by atoms with Crippen LogP contribution >= 0.6 is 0 Å². The maximum atomic E-state index is 14.8. The molecule has 0 aliphatic carbocycles. The third kappa shape index (κ3) is 7.07. The summed E-state index contributed by atoms with van der Waals surface area (Å²) in [5.74, 6) is -2.71. The number of nitrogens with one attached hydrogen (secondary N) is 1. The zero-order valence-electron chi connectivity index (χ0n) is 25.5. The van der Waals surface area contributed by atoms with Crippen LogP contribution < -0.4 is 15.9 Å². The van der Waals surface area contributed by atoms with Gasteiger partial charge in [-0.2, -0.15) is 10.2 Å². The average molecular weight is 660 g/mol. The van der Waals surface area contributed by atoms with Crippen LogP contribution in [-0.4, -0.2) is 82.4 Å². The van der Waals surface area contributed by atoms with E-state index in [0.29, 0.717) is 49.2 Å². The van der Waals surface area contributed by atoms with Crippen LogP contribution in [0.15, 0.2) is 90.5 Å². The highest BCUT2D eigenvalue weighted by Crippen LogP contribution is 2.28. The van der Waals surface area contributed by atoms with Gasteiger partial charge in [0.05, 0.1) is 25.2 Å². The summed E-state index contributed by atoms with van der Waals surface area (Å²) < 4.78 is 32.0. The molecular formula is C32H31F2N9O5. The Bertz CT molecular complexity index is 1960. The molecule has 16 heteroatoms. The second-order valence-corrected chi connectivity index (χ2v) is 11.4. The molecule has 2 amide bonds. The summed E-state index contributed by atoms with van der Waals surface area (Å²) in [6, 6.07) is 16.4. The van der Waals surface area contributed by atoms with E-state index in [1.54, 1.807) is 41.3 Å². The fourth-order valence-corrected chi connectivity index (χ4v) is 5.61. The maximum absolute atomic E-state index is 14.8. The standard InChI is InChI=1S/C32H31F2N9O5/c33-23-3-10-27(28(34)16-23)32(48,17-41-20-35-19-36-41)18-43-31(47)42(21-37-43)26-8-6-25(7-9-26)39-11-13-40(14-12-39)30(46)38-24-4-1-22(2-5-24)15-29(44)45/h1-10,16,19-21,48H,11-15,17-18H2,(H,38,46)(H,44,45). The Kier molecular flexibility index (Phi) is 8.98. The third-order valence-electron chi connectivity index (χ3n) is 8.09. The van der Waals surface area contributed by atoms with E-state index in [0.717, 1.165) is 22.5 Å². The molecule has 48 heavy (non-hydrogen) atoms.